The zero-order chi connectivity index (χ0) is 15.5. The number of hydrogen-bond donors (Lipinski definition) is 2. The number of rotatable bonds is 3. The Morgan fingerprint density at radius 2 is 2.14 bits per heavy atom. The SMILES string of the molecule is COC1=CCC(NC(=O)C2=CNC3C=CC=CC3C2=O)C=C1. The van der Waals surface area contributed by atoms with Gasteiger partial charge in [-0.25, -0.2) is 0 Å². The van der Waals surface area contributed by atoms with Crippen LogP contribution in [-0.4, -0.2) is 30.9 Å². The number of carbonyl (C=O) groups excluding carboxylic acids is 2. The number of allylic oxidation sites excluding steroid dienone is 3. The number of fused-ring (bicyclic) bond motifs is 1. The van der Waals surface area contributed by atoms with E-state index in [0.29, 0.717) is 6.42 Å². The molecule has 0 aromatic rings. The molecule has 5 heteroatoms. The van der Waals surface area contributed by atoms with E-state index in [1.165, 1.54) is 6.20 Å². The van der Waals surface area contributed by atoms with Crippen molar-refractivity contribution in [3.63, 3.8) is 0 Å². The van der Waals surface area contributed by atoms with Crippen LogP contribution >= 0.6 is 0 Å². The molecule has 3 atom stereocenters. The Hall–Kier alpha value is -2.56. The maximum absolute atomic E-state index is 12.4. The van der Waals surface area contributed by atoms with Crippen LogP contribution in [0.3, 0.4) is 0 Å². The lowest BCUT2D eigenvalue weighted by molar-refractivity contribution is -0.124. The lowest BCUT2D eigenvalue weighted by atomic mass is 9.85. The van der Waals surface area contributed by atoms with E-state index in [1.807, 2.05) is 42.5 Å². The van der Waals surface area contributed by atoms with Crippen LogP contribution in [0.15, 0.2) is 60.1 Å². The smallest absolute Gasteiger partial charge is 0.256 e. The Balaban J connectivity index is 1.66. The molecule has 3 rings (SSSR count). The van der Waals surface area contributed by atoms with E-state index in [2.05, 4.69) is 10.6 Å². The second-order valence-electron chi connectivity index (χ2n) is 5.40. The lowest BCUT2D eigenvalue weighted by Crippen LogP contribution is -2.46. The maximum Gasteiger partial charge on any atom is 0.256 e. The van der Waals surface area contributed by atoms with Gasteiger partial charge in [-0.05, 0) is 18.6 Å². The summed E-state index contributed by atoms with van der Waals surface area (Å²) in [5.74, 6) is -0.0164. The van der Waals surface area contributed by atoms with Gasteiger partial charge in [0.25, 0.3) is 5.91 Å². The predicted molar refractivity (Wildman–Crippen MR) is 82.6 cm³/mol. The van der Waals surface area contributed by atoms with Gasteiger partial charge in [0.2, 0.25) is 0 Å². The van der Waals surface area contributed by atoms with Crippen molar-refractivity contribution in [2.24, 2.45) is 5.92 Å². The highest BCUT2D eigenvalue weighted by Gasteiger charge is 2.34. The average molecular weight is 298 g/mol. The second kappa shape index (κ2) is 6.05. The molecule has 0 radical (unpaired) electrons. The van der Waals surface area contributed by atoms with E-state index in [0.717, 1.165) is 5.76 Å². The van der Waals surface area contributed by atoms with E-state index in [1.54, 1.807) is 7.11 Å². The predicted octanol–water partition coefficient (Wildman–Crippen LogP) is 1.13. The van der Waals surface area contributed by atoms with Crippen molar-refractivity contribution in [1.82, 2.24) is 10.6 Å². The van der Waals surface area contributed by atoms with E-state index >= 15 is 0 Å². The Morgan fingerprint density at radius 3 is 2.86 bits per heavy atom. The molecule has 2 aliphatic carbocycles. The number of ether oxygens (including phenoxy) is 1. The van der Waals surface area contributed by atoms with Gasteiger partial charge in [-0.3, -0.25) is 9.59 Å². The van der Waals surface area contributed by atoms with Crippen LogP contribution in [0.25, 0.3) is 0 Å². The van der Waals surface area contributed by atoms with Gasteiger partial charge < -0.3 is 15.4 Å². The number of Topliss-reactive ketones (excluding diaryl/α,β-unsaturated/α-hetero) is 1. The third kappa shape index (κ3) is 2.74. The molecule has 0 aromatic heterocycles. The molecule has 0 fully saturated rings. The minimum atomic E-state index is -0.345. The summed E-state index contributed by atoms with van der Waals surface area (Å²) in [5.41, 5.74) is 0.177. The van der Waals surface area contributed by atoms with Gasteiger partial charge in [0.15, 0.2) is 5.78 Å². The average Bonchev–Trinajstić information content (AvgIpc) is 2.56. The zero-order valence-corrected chi connectivity index (χ0v) is 12.3. The number of ketones is 1. The lowest BCUT2D eigenvalue weighted by Gasteiger charge is -2.29. The first-order chi connectivity index (χ1) is 10.7. The minimum Gasteiger partial charge on any atom is -0.497 e. The van der Waals surface area contributed by atoms with Crippen LogP contribution in [0.4, 0.5) is 0 Å². The first kappa shape index (κ1) is 14.4. The van der Waals surface area contributed by atoms with Crippen molar-refractivity contribution in [3.8, 4) is 0 Å². The van der Waals surface area contributed by atoms with Crippen molar-refractivity contribution in [3.05, 3.63) is 60.1 Å². The maximum atomic E-state index is 12.4. The summed E-state index contributed by atoms with van der Waals surface area (Å²) in [5, 5.41) is 5.97. The fourth-order valence-electron chi connectivity index (χ4n) is 2.73. The Kier molecular flexibility index (Phi) is 3.96. The largest absolute Gasteiger partial charge is 0.497 e. The van der Waals surface area contributed by atoms with Crippen molar-refractivity contribution in [2.45, 2.75) is 18.5 Å². The molecule has 5 nitrogen and oxygen atoms in total. The van der Waals surface area contributed by atoms with Crippen LogP contribution < -0.4 is 10.6 Å². The molecule has 0 aromatic carbocycles. The molecule has 0 spiro atoms. The highest BCUT2D eigenvalue weighted by atomic mass is 16.5. The summed E-state index contributed by atoms with van der Waals surface area (Å²) in [6.45, 7) is 0. The normalized spacial score (nSPS) is 29.1. The van der Waals surface area contributed by atoms with E-state index in [4.69, 9.17) is 4.74 Å². The van der Waals surface area contributed by atoms with Crippen LogP contribution in [0.2, 0.25) is 0 Å². The summed E-state index contributed by atoms with van der Waals surface area (Å²) in [6.07, 6.45) is 15.2. The van der Waals surface area contributed by atoms with E-state index in [9.17, 15) is 9.59 Å². The first-order valence-corrected chi connectivity index (χ1v) is 7.27. The number of methoxy groups -OCH3 is 1. The van der Waals surface area contributed by atoms with Crippen LogP contribution in [0, 0.1) is 5.92 Å². The number of amides is 1. The summed E-state index contributed by atoms with van der Waals surface area (Å²) in [4.78, 5) is 24.8. The fraction of sp³-hybridized carbons (Fsp3) is 0.294. The van der Waals surface area contributed by atoms with Gasteiger partial charge in [-0.2, -0.15) is 0 Å². The van der Waals surface area contributed by atoms with Crippen LogP contribution in [0.5, 0.6) is 0 Å². The zero-order valence-electron chi connectivity index (χ0n) is 12.3. The summed E-state index contributed by atoms with van der Waals surface area (Å²) in [7, 11) is 1.61. The monoisotopic (exact) mass is 298 g/mol. The van der Waals surface area contributed by atoms with Crippen molar-refractivity contribution in [1.29, 1.82) is 0 Å². The van der Waals surface area contributed by atoms with Gasteiger partial charge in [-0.15, -0.1) is 0 Å². The molecule has 0 saturated heterocycles. The molecule has 1 heterocycles. The van der Waals surface area contributed by atoms with Gasteiger partial charge in [0, 0.05) is 6.20 Å². The van der Waals surface area contributed by atoms with E-state index in [-0.39, 0.29) is 35.3 Å². The summed E-state index contributed by atoms with van der Waals surface area (Å²) in [6, 6.07) is -0.185. The molecular formula is C17H18N2O3. The van der Waals surface area contributed by atoms with E-state index < -0.39 is 0 Å². The highest BCUT2D eigenvalue weighted by Crippen LogP contribution is 2.22. The molecule has 3 aliphatic rings. The molecule has 1 aliphatic heterocycles. The standard InChI is InChI=1S/C17H18N2O3/c1-22-12-8-6-11(7-9-12)19-17(21)14-10-18-15-5-3-2-4-13(15)16(14)20/h2-6,8-11,13,15,18H,7H2,1H3,(H,19,21). The molecule has 2 N–H and O–H groups in total. The number of nitrogens with one attached hydrogen (secondary N) is 2. The van der Waals surface area contributed by atoms with Crippen molar-refractivity contribution < 1.29 is 14.3 Å². The molecule has 0 saturated carbocycles. The minimum absolute atomic E-state index is 0.0594. The third-order valence-electron chi connectivity index (χ3n) is 3.99. The molecule has 114 valence electrons. The Morgan fingerprint density at radius 1 is 1.32 bits per heavy atom. The molecular weight excluding hydrogens is 280 g/mol. The molecule has 3 unspecified atom stereocenters. The summed E-state index contributed by atoms with van der Waals surface area (Å²) < 4.78 is 5.11. The van der Waals surface area contributed by atoms with Crippen LogP contribution in [0.1, 0.15) is 6.42 Å². The highest BCUT2D eigenvalue weighted by molar-refractivity contribution is 6.21. The van der Waals surface area contributed by atoms with Crippen molar-refractivity contribution >= 4 is 11.7 Å². The fourth-order valence-corrected chi connectivity index (χ4v) is 2.73. The quantitative estimate of drug-likeness (QED) is 0.767. The topological polar surface area (TPSA) is 67.4 Å². The molecule has 22 heavy (non-hydrogen) atoms. The second-order valence-corrected chi connectivity index (χ2v) is 5.40. The summed E-state index contributed by atoms with van der Waals surface area (Å²) >= 11 is 0. The number of hydrogen-bond acceptors (Lipinski definition) is 4. The Bertz CT molecular complexity index is 640. The van der Waals surface area contributed by atoms with Gasteiger partial charge >= 0.3 is 0 Å². The number of carbonyl (C=O) groups is 2. The van der Waals surface area contributed by atoms with Gasteiger partial charge in [-0.1, -0.05) is 30.4 Å². The van der Waals surface area contributed by atoms with Gasteiger partial charge in [0.1, 0.15) is 5.76 Å². The Labute approximate surface area is 129 Å². The third-order valence-corrected chi connectivity index (χ3v) is 3.99. The van der Waals surface area contributed by atoms with Gasteiger partial charge in [0.05, 0.1) is 30.7 Å². The molecule has 1 amide bonds. The van der Waals surface area contributed by atoms with Crippen LogP contribution in [-0.2, 0) is 14.3 Å². The van der Waals surface area contributed by atoms with Crippen molar-refractivity contribution in [2.75, 3.05) is 7.11 Å². The first-order valence-electron chi connectivity index (χ1n) is 7.27. The molecule has 0 bridgehead atoms.